The molecule has 2 saturated carbocycles. The number of hydrogen-bond acceptors (Lipinski definition) is 2. The minimum atomic E-state index is -3.47. The van der Waals surface area contributed by atoms with Gasteiger partial charge in [-0.15, -0.1) is 0 Å². The lowest BCUT2D eigenvalue weighted by atomic mass is 9.74. The number of halogens is 3. The van der Waals surface area contributed by atoms with E-state index in [0.29, 0.717) is 17.9 Å². The molecule has 2 aromatic rings. The molecule has 0 N–H and O–H groups in total. The largest absolute Gasteiger partial charge is 0.429 e. The lowest BCUT2D eigenvalue weighted by molar-refractivity contribution is -0.185. The van der Waals surface area contributed by atoms with Crippen LogP contribution in [-0.2, 0) is 10.8 Å². The molecule has 2 atom stereocenters. The molecule has 0 radical (unpaired) electrons. The standard InChI is InChI=1S/C29H35F3O2/c30-26-14-16-27(17-15-26)34-29(31,32)25-12-9-22(10-13-25)21-5-7-23(8-6-21)28-18-11-24(19-33-28)20-3-1-2-4-20/h9-10,12-17,20-21,23-24,28H,1-8,11,18-19H2. The van der Waals surface area contributed by atoms with Crippen LogP contribution in [0, 0.1) is 23.6 Å². The summed E-state index contributed by atoms with van der Waals surface area (Å²) in [6.07, 6.45) is 9.51. The molecule has 2 unspecified atom stereocenters. The van der Waals surface area contributed by atoms with Crippen LogP contribution in [0.1, 0.15) is 81.3 Å². The molecule has 3 aliphatic rings. The number of hydrogen-bond donors (Lipinski definition) is 0. The van der Waals surface area contributed by atoms with Crippen LogP contribution in [0.4, 0.5) is 13.2 Å². The number of rotatable bonds is 6. The molecule has 2 aromatic carbocycles. The van der Waals surface area contributed by atoms with Gasteiger partial charge in [0.2, 0.25) is 0 Å². The van der Waals surface area contributed by atoms with Crippen LogP contribution in [0.3, 0.4) is 0 Å². The summed E-state index contributed by atoms with van der Waals surface area (Å²) < 4.78 is 53.4. The molecule has 1 aliphatic heterocycles. The molecular weight excluding hydrogens is 437 g/mol. The Balaban J connectivity index is 1.12. The first-order valence-electron chi connectivity index (χ1n) is 13.0. The van der Waals surface area contributed by atoms with Crippen molar-refractivity contribution in [1.29, 1.82) is 0 Å². The molecule has 2 nitrogen and oxygen atoms in total. The number of ether oxygens (including phenoxy) is 2. The first-order valence-corrected chi connectivity index (χ1v) is 13.0. The number of benzene rings is 2. The van der Waals surface area contributed by atoms with Gasteiger partial charge in [-0.05, 0) is 104 Å². The first-order chi connectivity index (χ1) is 16.5. The summed E-state index contributed by atoms with van der Waals surface area (Å²) in [5.41, 5.74) is 0.923. The Labute approximate surface area is 200 Å². The van der Waals surface area contributed by atoms with Crippen LogP contribution in [0.5, 0.6) is 5.75 Å². The Bertz CT molecular complexity index is 905. The Morgan fingerprint density at radius 3 is 1.97 bits per heavy atom. The van der Waals surface area contributed by atoms with E-state index in [-0.39, 0.29) is 11.3 Å². The monoisotopic (exact) mass is 472 g/mol. The highest BCUT2D eigenvalue weighted by atomic mass is 19.3. The Morgan fingerprint density at radius 1 is 0.706 bits per heavy atom. The predicted molar refractivity (Wildman–Crippen MR) is 126 cm³/mol. The zero-order valence-electron chi connectivity index (χ0n) is 19.7. The van der Waals surface area contributed by atoms with Crippen molar-refractivity contribution < 1.29 is 22.6 Å². The molecule has 0 bridgehead atoms. The summed E-state index contributed by atoms with van der Waals surface area (Å²) >= 11 is 0. The van der Waals surface area contributed by atoms with Crippen LogP contribution in [0.25, 0.3) is 0 Å². The van der Waals surface area contributed by atoms with Gasteiger partial charge in [-0.2, -0.15) is 8.78 Å². The van der Waals surface area contributed by atoms with Crippen molar-refractivity contribution in [2.75, 3.05) is 6.61 Å². The second-order valence-electron chi connectivity index (χ2n) is 10.6. The third-order valence-corrected chi connectivity index (χ3v) is 8.49. The van der Waals surface area contributed by atoms with E-state index in [2.05, 4.69) is 0 Å². The van der Waals surface area contributed by atoms with Crippen LogP contribution in [0.15, 0.2) is 48.5 Å². The highest BCUT2D eigenvalue weighted by molar-refractivity contribution is 5.29. The van der Waals surface area contributed by atoms with E-state index >= 15 is 0 Å². The Kier molecular flexibility index (Phi) is 7.19. The lowest BCUT2D eigenvalue weighted by Gasteiger charge is -2.39. The maximum atomic E-state index is 14.6. The molecular formula is C29H35F3O2. The highest BCUT2D eigenvalue weighted by Gasteiger charge is 2.36. The van der Waals surface area contributed by atoms with Crippen molar-refractivity contribution in [3.63, 3.8) is 0 Å². The van der Waals surface area contributed by atoms with E-state index < -0.39 is 11.9 Å². The first kappa shape index (κ1) is 23.7. The van der Waals surface area contributed by atoms with E-state index in [4.69, 9.17) is 9.47 Å². The van der Waals surface area contributed by atoms with Crippen molar-refractivity contribution in [3.05, 3.63) is 65.5 Å². The molecule has 0 aromatic heterocycles. The molecule has 1 heterocycles. The molecule has 0 amide bonds. The van der Waals surface area contributed by atoms with Crippen LogP contribution in [0.2, 0.25) is 0 Å². The normalized spacial score (nSPS) is 28.7. The van der Waals surface area contributed by atoms with Crippen molar-refractivity contribution >= 4 is 0 Å². The molecule has 5 heteroatoms. The molecule has 3 fully saturated rings. The second-order valence-corrected chi connectivity index (χ2v) is 10.6. The zero-order chi connectivity index (χ0) is 23.5. The van der Waals surface area contributed by atoms with Crippen molar-refractivity contribution in [1.82, 2.24) is 0 Å². The third-order valence-electron chi connectivity index (χ3n) is 8.49. The fraction of sp³-hybridized carbons (Fsp3) is 0.586. The summed E-state index contributed by atoms with van der Waals surface area (Å²) in [6, 6.07) is 11.2. The minimum Gasteiger partial charge on any atom is -0.429 e. The van der Waals surface area contributed by atoms with E-state index in [1.807, 2.05) is 12.1 Å². The van der Waals surface area contributed by atoms with E-state index in [9.17, 15) is 13.2 Å². The van der Waals surface area contributed by atoms with E-state index in [1.165, 1.54) is 62.8 Å². The quantitative estimate of drug-likeness (QED) is 0.422. The molecule has 0 spiro atoms. The topological polar surface area (TPSA) is 18.5 Å². The summed E-state index contributed by atoms with van der Waals surface area (Å²) in [5.74, 6) is 2.17. The average Bonchev–Trinajstić information content (AvgIpc) is 3.41. The van der Waals surface area contributed by atoms with Gasteiger partial charge in [-0.3, -0.25) is 0 Å². The third kappa shape index (κ3) is 5.45. The lowest BCUT2D eigenvalue weighted by Crippen LogP contribution is -2.35. The SMILES string of the molecule is Fc1ccc(OC(F)(F)c2ccc(C3CCC(C4CCC(C5CCCC5)CO4)CC3)cc2)cc1. The summed E-state index contributed by atoms with van der Waals surface area (Å²) in [7, 11) is 0. The van der Waals surface area contributed by atoms with Gasteiger partial charge in [0.1, 0.15) is 11.6 Å². The van der Waals surface area contributed by atoms with Crippen molar-refractivity contribution in [3.8, 4) is 5.75 Å². The van der Waals surface area contributed by atoms with Crippen LogP contribution >= 0.6 is 0 Å². The Hall–Kier alpha value is -2.01. The van der Waals surface area contributed by atoms with Crippen molar-refractivity contribution in [2.24, 2.45) is 17.8 Å². The minimum absolute atomic E-state index is 0.0618. The van der Waals surface area contributed by atoms with Gasteiger partial charge < -0.3 is 9.47 Å². The van der Waals surface area contributed by atoms with Crippen LogP contribution < -0.4 is 4.74 Å². The summed E-state index contributed by atoms with van der Waals surface area (Å²) in [6.45, 7) is 0.949. The van der Waals surface area contributed by atoms with Gasteiger partial charge in [-0.1, -0.05) is 37.8 Å². The van der Waals surface area contributed by atoms with E-state index in [1.54, 1.807) is 0 Å². The summed E-state index contributed by atoms with van der Waals surface area (Å²) in [5, 5.41) is 0. The van der Waals surface area contributed by atoms with Gasteiger partial charge in [0, 0.05) is 0 Å². The van der Waals surface area contributed by atoms with Crippen molar-refractivity contribution in [2.45, 2.75) is 82.3 Å². The van der Waals surface area contributed by atoms with Gasteiger partial charge >= 0.3 is 6.11 Å². The zero-order valence-corrected chi connectivity index (χ0v) is 19.7. The molecule has 184 valence electrons. The van der Waals surface area contributed by atoms with Gasteiger partial charge in [0.05, 0.1) is 18.3 Å². The predicted octanol–water partition coefficient (Wildman–Crippen LogP) is 8.21. The van der Waals surface area contributed by atoms with Gasteiger partial charge in [0.15, 0.2) is 0 Å². The molecule has 1 saturated heterocycles. The fourth-order valence-electron chi connectivity index (χ4n) is 6.45. The number of alkyl halides is 2. The smallest absolute Gasteiger partial charge is 0.426 e. The molecule has 5 rings (SSSR count). The highest BCUT2D eigenvalue weighted by Crippen LogP contribution is 2.43. The summed E-state index contributed by atoms with van der Waals surface area (Å²) in [4.78, 5) is 0. The average molecular weight is 473 g/mol. The maximum absolute atomic E-state index is 14.6. The van der Waals surface area contributed by atoms with Crippen LogP contribution in [-0.4, -0.2) is 12.7 Å². The second kappa shape index (κ2) is 10.3. The Morgan fingerprint density at radius 2 is 1.35 bits per heavy atom. The fourth-order valence-corrected chi connectivity index (χ4v) is 6.45. The van der Waals surface area contributed by atoms with E-state index in [0.717, 1.165) is 61.8 Å². The maximum Gasteiger partial charge on any atom is 0.426 e. The van der Waals surface area contributed by atoms with Gasteiger partial charge in [0.25, 0.3) is 0 Å². The molecule has 2 aliphatic carbocycles. The van der Waals surface area contributed by atoms with Gasteiger partial charge in [-0.25, -0.2) is 4.39 Å². The molecule has 34 heavy (non-hydrogen) atoms.